The van der Waals surface area contributed by atoms with Gasteiger partial charge in [0.15, 0.2) is 5.69 Å². The van der Waals surface area contributed by atoms with Crippen molar-refractivity contribution in [2.45, 2.75) is 45.3 Å². The average Bonchev–Trinajstić information content (AvgIpc) is 3.31. The molecular formula is C29H33N5O3. The molecule has 1 fully saturated rings. The van der Waals surface area contributed by atoms with Crippen molar-refractivity contribution in [2.24, 2.45) is 5.92 Å². The van der Waals surface area contributed by atoms with Gasteiger partial charge in [-0.05, 0) is 37.3 Å². The zero-order valence-electron chi connectivity index (χ0n) is 21.2. The van der Waals surface area contributed by atoms with Gasteiger partial charge < -0.3 is 15.1 Å². The quantitative estimate of drug-likeness (QED) is 0.561. The largest absolute Gasteiger partial charge is 0.349 e. The van der Waals surface area contributed by atoms with Crippen LogP contribution in [0.2, 0.25) is 0 Å². The third kappa shape index (κ3) is 5.58. The van der Waals surface area contributed by atoms with Gasteiger partial charge in [-0.25, -0.2) is 0 Å². The second-order valence-electron chi connectivity index (χ2n) is 9.91. The van der Waals surface area contributed by atoms with Crippen molar-refractivity contribution < 1.29 is 14.4 Å². The van der Waals surface area contributed by atoms with Crippen molar-refractivity contribution >= 4 is 17.7 Å². The van der Waals surface area contributed by atoms with E-state index in [0.29, 0.717) is 57.0 Å². The van der Waals surface area contributed by atoms with Crippen molar-refractivity contribution in [2.75, 3.05) is 19.6 Å². The SMILES string of the molecule is CC(NC(=O)C1CCN(C(=O)c2cc3n(n2)CCCN(Cc2ccccc2)C3=O)CC1)c1ccccc1. The molecule has 1 atom stereocenters. The molecule has 1 N–H and O–H groups in total. The maximum atomic E-state index is 13.3. The average molecular weight is 500 g/mol. The van der Waals surface area contributed by atoms with Crippen molar-refractivity contribution in [1.82, 2.24) is 24.9 Å². The van der Waals surface area contributed by atoms with Crippen molar-refractivity contribution in [3.05, 3.63) is 89.2 Å². The highest BCUT2D eigenvalue weighted by atomic mass is 16.2. The molecule has 37 heavy (non-hydrogen) atoms. The number of carbonyl (C=O) groups excluding carboxylic acids is 3. The molecule has 3 amide bonds. The van der Waals surface area contributed by atoms with Crippen LogP contribution >= 0.6 is 0 Å². The number of aromatic nitrogens is 2. The van der Waals surface area contributed by atoms with Crippen LogP contribution in [0.1, 0.15) is 64.3 Å². The summed E-state index contributed by atoms with van der Waals surface area (Å²) in [4.78, 5) is 42.9. The smallest absolute Gasteiger partial charge is 0.274 e. The van der Waals surface area contributed by atoms with Gasteiger partial charge in [0, 0.05) is 44.7 Å². The highest BCUT2D eigenvalue weighted by Gasteiger charge is 2.31. The molecule has 5 rings (SSSR count). The Kier molecular flexibility index (Phi) is 7.35. The Balaban J connectivity index is 1.19. The number of aryl methyl sites for hydroxylation is 1. The number of likely N-dealkylation sites (tertiary alicyclic amines) is 1. The van der Waals surface area contributed by atoms with E-state index in [2.05, 4.69) is 10.4 Å². The zero-order valence-corrected chi connectivity index (χ0v) is 21.2. The summed E-state index contributed by atoms with van der Waals surface area (Å²) in [5.74, 6) is -0.376. The molecule has 0 saturated carbocycles. The van der Waals surface area contributed by atoms with Crippen LogP contribution in [0.25, 0.3) is 0 Å². The van der Waals surface area contributed by atoms with Crippen molar-refractivity contribution in [1.29, 1.82) is 0 Å². The number of carbonyl (C=O) groups is 3. The van der Waals surface area contributed by atoms with Gasteiger partial charge in [-0.15, -0.1) is 0 Å². The Morgan fingerprint density at radius 2 is 1.65 bits per heavy atom. The number of nitrogens with one attached hydrogen (secondary N) is 1. The fourth-order valence-electron chi connectivity index (χ4n) is 5.16. The number of fused-ring (bicyclic) bond motifs is 1. The minimum Gasteiger partial charge on any atom is -0.349 e. The predicted octanol–water partition coefficient (Wildman–Crippen LogP) is 3.66. The maximum Gasteiger partial charge on any atom is 0.274 e. The van der Waals surface area contributed by atoms with Crippen LogP contribution in [0, 0.1) is 5.92 Å². The van der Waals surface area contributed by atoms with Crippen LogP contribution in [-0.2, 0) is 17.9 Å². The fraction of sp³-hybridized carbons (Fsp3) is 0.379. The summed E-state index contributed by atoms with van der Waals surface area (Å²) in [6.07, 6.45) is 2.00. The molecule has 0 spiro atoms. The molecule has 2 aliphatic heterocycles. The first-order chi connectivity index (χ1) is 18.0. The van der Waals surface area contributed by atoms with E-state index < -0.39 is 0 Å². The van der Waals surface area contributed by atoms with E-state index in [1.165, 1.54) is 0 Å². The number of rotatable bonds is 6. The minimum absolute atomic E-state index is 0.0289. The molecule has 1 aromatic heterocycles. The summed E-state index contributed by atoms with van der Waals surface area (Å²) in [7, 11) is 0. The normalized spacial score (nSPS) is 17.2. The van der Waals surface area contributed by atoms with Crippen LogP contribution in [0.15, 0.2) is 66.7 Å². The summed E-state index contributed by atoms with van der Waals surface area (Å²) < 4.78 is 1.67. The molecule has 0 aliphatic carbocycles. The first-order valence-electron chi connectivity index (χ1n) is 13.1. The monoisotopic (exact) mass is 499 g/mol. The van der Waals surface area contributed by atoms with Crippen LogP contribution in [0.5, 0.6) is 0 Å². The zero-order chi connectivity index (χ0) is 25.8. The van der Waals surface area contributed by atoms with Crippen molar-refractivity contribution in [3.8, 4) is 0 Å². The van der Waals surface area contributed by atoms with Gasteiger partial charge in [0.25, 0.3) is 11.8 Å². The van der Waals surface area contributed by atoms with Gasteiger partial charge in [0.1, 0.15) is 5.69 Å². The van der Waals surface area contributed by atoms with E-state index in [0.717, 1.165) is 17.5 Å². The van der Waals surface area contributed by atoms with Crippen LogP contribution in [0.4, 0.5) is 0 Å². The molecule has 1 unspecified atom stereocenters. The van der Waals surface area contributed by atoms with E-state index in [1.807, 2.05) is 72.5 Å². The van der Waals surface area contributed by atoms with Crippen LogP contribution < -0.4 is 5.32 Å². The summed E-state index contributed by atoms with van der Waals surface area (Å²) >= 11 is 0. The summed E-state index contributed by atoms with van der Waals surface area (Å²) in [5.41, 5.74) is 2.90. The Labute approximate surface area is 217 Å². The molecule has 0 bridgehead atoms. The molecule has 2 aliphatic rings. The van der Waals surface area contributed by atoms with Gasteiger partial charge >= 0.3 is 0 Å². The second kappa shape index (κ2) is 11.0. The van der Waals surface area contributed by atoms with Crippen LogP contribution in [-0.4, -0.2) is 56.9 Å². The molecule has 3 aromatic rings. The molecule has 0 radical (unpaired) electrons. The maximum absolute atomic E-state index is 13.3. The molecule has 1 saturated heterocycles. The minimum atomic E-state index is -0.181. The highest BCUT2D eigenvalue weighted by Crippen LogP contribution is 2.22. The second-order valence-corrected chi connectivity index (χ2v) is 9.91. The van der Waals surface area contributed by atoms with Gasteiger partial charge in [0.2, 0.25) is 5.91 Å². The topological polar surface area (TPSA) is 87.5 Å². The number of benzene rings is 2. The predicted molar refractivity (Wildman–Crippen MR) is 140 cm³/mol. The Morgan fingerprint density at radius 1 is 0.973 bits per heavy atom. The number of hydrogen-bond donors (Lipinski definition) is 1. The molecule has 192 valence electrons. The first-order valence-corrected chi connectivity index (χ1v) is 13.1. The lowest BCUT2D eigenvalue weighted by Crippen LogP contribution is -2.43. The lowest BCUT2D eigenvalue weighted by atomic mass is 9.95. The van der Waals surface area contributed by atoms with Gasteiger partial charge in [0.05, 0.1) is 6.04 Å². The Hall–Kier alpha value is -3.94. The van der Waals surface area contributed by atoms with Gasteiger partial charge in [-0.2, -0.15) is 5.10 Å². The van der Waals surface area contributed by atoms with Gasteiger partial charge in [-0.3, -0.25) is 19.1 Å². The fourth-order valence-corrected chi connectivity index (χ4v) is 5.16. The summed E-state index contributed by atoms with van der Waals surface area (Å²) in [6, 6.07) is 21.4. The van der Waals surface area contributed by atoms with E-state index in [1.54, 1.807) is 15.6 Å². The van der Waals surface area contributed by atoms with E-state index in [9.17, 15) is 14.4 Å². The Bertz CT molecular complexity index is 1250. The number of amides is 3. The lowest BCUT2D eigenvalue weighted by Gasteiger charge is -2.31. The van der Waals surface area contributed by atoms with E-state index >= 15 is 0 Å². The van der Waals surface area contributed by atoms with Gasteiger partial charge in [-0.1, -0.05) is 60.7 Å². The molecule has 8 heteroatoms. The summed E-state index contributed by atoms with van der Waals surface area (Å²) in [5, 5.41) is 7.61. The number of nitrogens with zero attached hydrogens (tertiary/aromatic N) is 4. The van der Waals surface area contributed by atoms with Crippen molar-refractivity contribution in [3.63, 3.8) is 0 Å². The standard InChI is InChI=1S/C29H33N5O3/c1-21(23-11-6-3-7-12-23)30-27(35)24-13-17-32(18-14-24)28(36)25-19-26-29(37)33(15-8-16-34(26)31-25)20-22-9-4-2-5-10-22/h2-7,9-12,19,21,24H,8,13-18,20H2,1H3,(H,30,35). The van der Waals surface area contributed by atoms with E-state index in [4.69, 9.17) is 0 Å². The lowest BCUT2D eigenvalue weighted by molar-refractivity contribution is -0.127. The first kappa shape index (κ1) is 24.7. The Morgan fingerprint density at radius 3 is 2.35 bits per heavy atom. The number of hydrogen-bond acceptors (Lipinski definition) is 4. The van der Waals surface area contributed by atoms with Crippen LogP contribution in [0.3, 0.4) is 0 Å². The molecule has 3 heterocycles. The molecule has 2 aromatic carbocycles. The number of piperidine rings is 1. The molecule has 8 nitrogen and oxygen atoms in total. The van der Waals surface area contributed by atoms with E-state index in [-0.39, 0.29) is 29.7 Å². The summed E-state index contributed by atoms with van der Waals surface area (Å²) in [6.45, 7) is 4.75. The molecular weight excluding hydrogens is 466 g/mol. The third-order valence-corrected chi connectivity index (χ3v) is 7.33. The third-order valence-electron chi connectivity index (χ3n) is 7.33. The highest BCUT2D eigenvalue weighted by molar-refractivity contribution is 5.98.